The maximum Gasteiger partial charge on any atom is 0.269 e. The van der Waals surface area contributed by atoms with Crippen LogP contribution in [0.4, 0.5) is 5.69 Å². The molecule has 1 saturated heterocycles. The summed E-state index contributed by atoms with van der Waals surface area (Å²) in [7, 11) is 0. The van der Waals surface area contributed by atoms with Gasteiger partial charge >= 0.3 is 0 Å². The minimum absolute atomic E-state index is 0.121. The Kier molecular flexibility index (Phi) is 3.48. The second kappa shape index (κ2) is 5.05. The summed E-state index contributed by atoms with van der Waals surface area (Å²) in [4.78, 5) is 10.2. The molecule has 16 heavy (non-hydrogen) atoms. The van der Waals surface area contributed by atoms with Gasteiger partial charge in [0.25, 0.3) is 5.69 Å². The minimum Gasteiger partial charge on any atom is -0.375 e. The van der Waals surface area contributed by atoms with E-state index in [0.29, 0.717) is 13.0 Å². The second-order valence-electron chi connectivity index (χ2n) is 3.83. The number of benzene rings is 1. The highest BCUT2D eigenvalue weighted by molar-refractivity contribution is 5.34. The van der Waals surface area contributed by atoms with Gasteiger partial charge < -0.3 is 10.1 Å². The number of hydrogen-bond acceptors (Lipinski definition) is 4. The molecule has 0 aromatic heterocycles. The van der Waals surface area contributed by atoms with Crippen molar-refractivity contribution in [3.63, 3.8) is 0 Å². The lowest BCUT2D eigenvalue weighted by Gasteiger charge is -2.23. The van der Waals surface area contributed by atoms with Crippen LogP contribution in [0.3, 0.4) is 0 Å². The van der Waals surface area contributed by atoms with E-state index in [4.69, 9.17) is 4.74 Å². The van der Waals surface area contributed by atoms with Gasteiger partial charge in [0, 0.05) is 31.6 Å². The van der Waals surface area contributed by atoms with Crippen LogP contribution in [-0.4, -0.2) is 30.7 Å². The van der Waals surface area contributed by atoms with Crippen molar-refractivity contribution >= 4 is 5.69 Å². The molecular formula is C11H14N2O3. The van der Waals surface area contributed by atoms with Gasteiger partial charge in [0.2, 0.25) is 0 Å². The zero-order valence-electron chi connectivity index (χ0n) is 8.89. The number of nitrogens with zero attached hydrogens (tertiary/aromatic N) is 1. The van der Waals surface area contributed by atoms with Crippen LogP contribution in [0, 0.1) is 10.1 Å². The summed E-state index contributed by atoms with van der Waals surface area (Å²) in [5.74, 6) is 0. The number of morpholine rings is 1. The number of rotatable bonds is 3. The highest BCUT2D eigenvalue weighted by atomic mass is 16.6. The van der Waals surface area contributed by atoms with E-state index in [9.17, 15) is 10.1 Å². The summed E-state index contributed by atoms with van der Waals surface area (Å²) >= 11 is 0. The summed E-state index contributed by atoms with van der Waals surface area (Å²) in [5, 5.41) is 13.8. The largest absolute Gasteiger partial charge is 0.375 e. The minimum atomic E-state index is -0.372. The lowest BCUT2D eigenvalue weighted by molar-refractivity contribution is -0.384. The molecule has 5 nitrogen and oxygen atoms in total. The normalized spacial score (nSPS) is 20.6. The van der Waals surface area contributed by atoms with Gasteiger partial charge in [-0.25, -0.2) is 0 Å². The van der Waals surface area contributed by atoms with Crippen molar-refractivity contribution < 1.29 is 9.66 Å². The molecule has 1 aliphatic heterocycles. The molecule has 0 spiro atoms. The van der Waals surface area contributed by atoms with Gasteiger partial charge in [-0.3, -0.25) is 10.1 Å². The van der Waals surface area contributed by atoms with E-state index in [1.54, 1.807) is 12.1 Å². The van der Waals surface area contributed by atoms with Crippen LogP contribution in [0.15, 0.2) is 24.3 Å². The van der Waals surface area contributed by atoms with Crippen LogP contribution in [0.5, 0.6) is 0 Å². The topological polar surface area (TPSA) is 64.4 Å². The van der Waals surface area contributed by atoms with E-state index >= 15 is 0 Å². The van der Waals surface area contributed by atoms with Crippen molar-refractivity contribution in [2.24, 2.45) is 0 Å². The van der Waals surface area contributed by atoms with Gasteiger partial charge in [-0.15, -0.1) is 0 Å². The number of nitro benzene ring substituents is 1. The highest BCUT2D eigenvalue weighted by Gasteiger charge is 2.15. The molecule has 1 fully saturated rings. The van der Waals surface area contributed by atoms with Crippen molar-refractivity contribution in [3.8, 4) is 0 Å². The Morgan fingerprint density at radius 2 is 2.44 bits per heavy atom. The van der Waals surface area contributed by atoms with Crippen molar-refractivity contribution in [2.75, 3.05) is 19.7 Å². The third-order valence-electron chi connectivity index (χ3n) is 2.59. The molecule has 1 aliphatic rings. The highest BCUT2D eigenvalue weighted by Crippen LogP contribution is 2.15. The van der Waals surface area contributed by atoms with E-state index in [1.807, 2.05) is 6.07 Å². The summed E-state index contributed by atoms with van der Waals surface area (Å²) in [6.45, 7) is 2.40. The molecule has 1 unspecified atom stereocenters. The number of nitro groups is 1. The molecule has 1 atom stereocenters. The molecule has 1 heterocycles. The lowest BCUT2D eigenvalue weighted by atomic mass is 10.1. The SMILES string of the molecule is O=[N+]([O-])c1cccc(CC2CNCCO2)c1. The van der Waals surface area contributed by atoms with Crippen LogP contribution in [0.1, 0.15) is 5.56 Å². The third-order valence-corrected chi connectivity index (χ3v) is 2.59. The molecule has 0 radical (unpaired) electrons. The first-order chi connectivity index (χ1) is 7.75. The number of ether oxygens (including phenoxy) is 1. The Labute approximate surface area is 93.6 Å². The fraction of sp³-hybridized carbons (Fsp3) is 0.455. The Bertz CT molecular complexity index is 375. The molecular weight excluding hydrogens is 208 g/mol. The average Bonchev–Trinajstić information content (AvgIpc) is 2.30. The van der Waals surface area contributed by atoms with Crippen LogP contribution in [0.25, 0.3) is 0 Å². The fourth-order valence-corrected chi connectivity index (χ4v) is 1.81. The third kappa shape index (κ3) is 2.77. The molecule has 0 aliphatic carbocycles. The molecule has 0 bridgehead atoms. The van der Waals surface area contributed by atoms with Gasteiger partial charge in [-0.2, -0.15) is 0 Å². The molecule has 1 N–H and O–H groups in total. The van der Waals surface area contributed by atoms with Gasteiger partial charge in [0.1, 0.15) is 0 Å². The molecule has 86 valence electrons. The first-order valence-electron chi connectivity index (χ1n) is 5.31. The van der Waals surface area contributed by atoms with Gasteiger partial charge in [-0.1, -0.05) is 12.1 Å². The van der Waals surface area contributed by atoms with Crippen molar-refractivity contribution in [1.29, 1.82) is 0 Å². The zero-order valence-corrected chi connectivity index (χ0v) is 8.89. The standard InChI is InChI=1S/C11H14N2O3/c14-13(15)10-3-1-2-9(6-10)7-11-8-12-4-5-16-11/h1-3,6,11-12H,4-5,7-8H2. The molecule has 0 amide bonds. The summed E-state index contributed by atoms with van der Waals surface area (Å²) in [6.07, 6.45) is 0.838. The molecule has 1 aromatic rings. The van der Waals surface area contributed by atoms with Crippen LogP contribution < -0.4 is 5.32 Å². The van der Waals surface area contributed by atoms with E-state index in [0.717, 1.165) is 18.7 Å². The summed E-state index contributed by atoms with van der Waals surface area (Å²) in [5.41, 5.74) is 1.09. The maximum atomic E-state index is 10.6. The number of hydrogen-bond donors (Lipinski definition) is 1. The number of non-ortho nitro benzene ring substituents is 1. The predicted molar refractivity (Wildman–Crippen MR) is 59.4 cm³/mol. The first-order valence-corrected chi connectivity index (χ1v) is 5.31. The van der Waals surface area contributed by atoms with Crippen molar-refractivity contribution in [2.45, 2.75) is 12.5 Å². The molecule has 2 rings (SSSR count). The van der Waals surface area contributed by atoms with Crippen LogP contribution in [0.2, 0.25) is 0 Å². The van der Waals surface area contributed by atoms with Crippen molar-refractivity contribution in [3.05, 3.63) is 39.9 Å². The second-order valence-corrected chi connectivity index (χ2v) is 3.83. The quantitative estimate of drug-likeness (QED) is 0.615. The monoisotopic (exact) mass is 222 g/mol. The average molecular weight is 222 g/mol. The van der Waals surface area contributed by atoms with Gasteiger partial charge in [0.15, 0.2) is 0 Å². The van der Waals surface area contributed by atoms with Gasteiger partial charge in [0.05, 0.1) is 17.6 Å². The van der Waals surface area contributed by atoms with E-state index < -0.39 is 0 Å². The predicted octanol–water partition coefficient (Wildman–Crippen LogP) is 1.13. The van der Waals surface area contributed by atoms with E-state index in [-0.39, 0.29) is 16.7 Å². The Morgan fingerprint density at radius 1 is 1.56 bits per heavy atom. The van der Waals surface area contributed by atoms with Gasteiger partial charge in [-0.05, 0) is 5.56 Å². The maximum absolute atomic E-state index is 10.6. The Morgan fingerprint density at radius 3 is 3.12 bits per heavy atom. The van der Waals surface area contributed by atoms with Crippen LogP contribution in [-0.2, 0) is 11.2 Å². The first kappa shape index (κ1) is 11.0. The van der Waals surface area contributed by atoms with E-state index in [2.05, 4.69) is 5.32 Å². The summed E-state index contributed by atoms with van der Waals surface area (Å²) in [6, 6.07) is 6.72. The molecule has 1 aromatic carbocycles. The fourth-order valence-electron chi connectivity index (χ4n) is 1.81. The summed E-state index contributed by atoms with van der Waals surface area (Å²) < 4.78 is 5.55. The Balaban J connectivity index is 2.02. The lowest BCUT2D eigenvalue weighted by Crippen LogP contribution is -2.39. The van der Waals surface area contributed by atoms with Crippen LogP contribution >= 0.6 is 0 Å². The number of nitrogens with one attached hydrogen (secondary N) is 1. The smallest absolute Gasteiger partial charge is 0.269 e. The Hall–Kier alpha value is -1.46. The van der Waals surface area contributed by atoms with E-state index in [1.165, 1.54) is 6.07 Å². The van der Waals surface area contributed by atoms with Crippen molar-refractivity contribution in [1.82, 2.24) is 5.32 Å². The zero-order chi connectivity index (χ0) is 11.4. The molecule has 5 heteroatoms. The molecule has 0 saturated carbocycles.